The molecule has 0 atom stereocenters. The molecule has 2 aromatic heterocycles. The van der Waals surface area contributed by atoms with Crippen molar-refractivity contribution in [3.63, 3.8) is 0 Å². The molecule has 5 nitrogen and oxygen atoms in total. The van der Waals surface area contributed by atoms with Crippen LogP contribution in [0.15, 0.2) is 42.6 Å². The molecule has 1 aliphatic rings. The number of nitrogens with one attached hydrogen (secondary N) is 1. The number of nitrogens with zero attached hydrogens (tertiary/aromatic N) is 2. The first-order valence-corrected chi connectivity index (χ1v) is 10.7. The predicted octanol–water partition coefficient (Wildman–Crippen LogP) is 6.05. The van der Waals surface area contributed by atoms with Gasteiger partial charge in [-0.05, 0) is 74.9 Å². The fourth-order valence-corrected chi connectivity index (χ4v) is 4.13. The molecular formula is C24H26F3N3O2. The summed E-state index contributed by atoms with van der Waals surface area (Å²) in [5.41, 5.74) is 1.20. The van der Waals surface area contributed by atoms with Crippen molar-refractivity contribution in [2.45, 2.75) is 44.9 Å². The summed E-state index contributed by atoms with van der Waals surface area (Å²) in [5, 5.41) is 0. The number of aromatic nitrogens is 3. The summed E-state index contributed by atoms with van der Waals surface area (Å²) in [6.45, 7) is 2.17. The molecule has 170 valence electrons. The molecule has 0 saturated heterocycles. The quantitative estimate of drug-likeness (QED) is 0.502. The first-order chi connectivity index (χ1) is 15.3. The molecule has 0 unspecified atom stereocenters. The van der Waals surface area contributed by atoms with Crippen LogP contribution in [0.3, 0.4) is 0 Å². The Bertz CT molecular complexity index is 1020. The average Bonchev–Trinajstić information content (AvgIpc) is 3.18. The Morgan fingerprint density at radius 1 is 1.00 bits per heavy atom. The monoisotopic (exact) mass is 445 g/mol. The van der Waals surface area contributed by atoms with Gasteiger partial charge < -0.3 is 14.5 Å². The van der Waals surface area contributed by atoms with Gasteiger partial charge in [0.1, 0.15) is 11.6 Å². The van der Waals surface area contributed by atoms with E-state index in [1.165, 1.54) is 13.1 Å². The molecule has 0 radical (unpaired) electrons. The third-order valence-corrected chi connectivity index (χ3v) is 5.84. The number of aryl methyl sites for hydroxylation is 1. The SMILES string of the molecule is COCC1CCC(Oc2ccc(-c3ccc(-c4nc(C(F)(F)F)c(C)[nH]4)cn3)cc2)CC1. The normalized spacial score (nSPS) is 19.2. The van der Waals surface area contributed by atoms with Crippen molar-refractivity contribution in [2.24, 2.45) is 5.92 Å². The Hall–Kier alpha value is -2.87. The zero-order valence-electron chi connectivity index (χ0n) is 18.1. The van der Waals surface area contributed by atoms with E-state index in [4.69, 9.17) is 9.47 Å². The maximum Gasteiger partial charge on any atom is 0.435 e. The minimum Gasteiger partial charge on any atom is -0.490 e. The predicted molar refractivity (Wildman–Crippen MR) is 115 cm³/mol. The number of benzene rings is 1. The molecule has 1 aliphatic carbocycles. The highest BCUT2D eigenvalue weighted by molar-refractivity contribution is 5.64. The van der Waals surface area contributed by atoms with Crippen LogP contribution in [0.4, 0.5) is 13.2 Å². The van der Waals surface area contributed by atoms with Crippen molar-refractivity contribution in [2.75, 3.05) is 13.7 Å². The van der Waals surface area contributed by atoms with Crippen molar-refractivity contribution in [3.8, 4) is 28.4 Å². The van der Waals surface area contributed by atoms with E-state index in [1.807, 2.05) is 24.3 Å². The molecule has 32 heavy (non-hydrogen) atoms. The molecule has 3 aromatic rings. The molecular weight excluding hydrogens is 419 g/mol. The summed E-state index contributed by atoms with van der Waals surface area (Å²) in [6, 6.07) is 11.2. The smallest absolute Gasteiger partial charge is 0.435 e. The van der Waals surface area contributed by atoms with E-state index in [9.17, 15) is 13.2 Å². The number of pyridine rings is 1. The summed E-state index contributed by atoms with van der Waals surface area (Å²) in [4.78, 5) is 10.8. The van der Waals surface area contributed by atoms with Crippen LogP contribution in [0.2, 0.25) is 0 Å². The van der Waals surface area contributed by atoms with Gasteiger partial charge >= 0.3 is 6.18 Å². The first-order valence-electron chi connectivity index (χ1n) is 10.7. The lowest BCUT2D eigenvalue weighted by molar-refractivity contribution is -0.141. The van der Waals surface area contributed by atoms with Crippen molar-refractivity contribution < 1.29 is 22.6 Å². The summed E-state index contributed by atoms with van der Waals surface area (Å²) < 4.78 is 50.3. The summed E-state index contributed by atoms with van der Waals surface area (Å²) in [6.07, 6.45) is 1.56. The third-order valence-electron chi connectivity index (χ3n) is 5.84. The van der Waals surface area contributed by atoms with Gasteiger partial charge in [0.15, 0.2) is 5.69 Å². The van der Waals surface area contributed by atoms with Gasteiger partial charge in [-0.25, -0.2) is 4.98 Å². The van der Waals surface area contributed by atoms with E-state index in [0.717, 1.165) is 49.3 Å². The second kappa shape index (κ2) is 9.32. The van der Waals surface area contributed by atoms with Crippen LogP contribution >= 0.6 is 0 Å². The molecule has 8 heteroatoms. The number of rotatable bonds is 6. The highest BCUT2D eigenvalue weighted by atomic mass is 19.4. The van der Waals surface area contributed by atoms with Crippen LogP contribution in [0.5, 0.6) is 5.75 Å². The molecule has 0 bridgehead atoms. The zero-order chi connectivity index (χ0) is 22.7. The van der Waals surface area contributed by atoms with E-state index in [0.29, 0.717) is 11.5 Å². The number of H-pyrrole nitrogens is 1. The van der Waals surface area contributed by atoms with Gasteiger partial charge in [0.2, 0.25) is 0 Å². The van der Waals surface area contributed by atoms with E-state index in [-0.39, 0.29) is 17.6 Å². The van der Waals surface area contributed by atoms with Gasteiger partial charge in [-0.15, -0.1) is 0 Å². The fourth-order valence-electron chi connectivity index (χ4n) is 4.13. The van der Waals surface area contributed by atoms with Crippen LogP contribution in [-0.2, 0) is 10.9 Å². The summed E-state index contributed by atoms with van der Waals surface area (Å²) >= 11 is 0. The van der Waals surface area contributed by atoms with Crippen LogP contribution in [0.25, 0.3) is 22.6 Å². The first kappa shape index (κ1) is 22.3. The van der Waals surface area contributed by atoms with Gasteiger partial charge in [0.25, 0.3) is 0 Å². The molecule has 1 aromatic carbocycles. The summed E-state index contributed by atoms with van der Waals surface area (Å²) in [5.74, 6) is 1.60. The number of methoxy groups -OCH3 is 1. The van der Waals surface area contributed by atoms with E-state index >= 15 is 0 Å². The molecule has 4 rings (SSSR count). The van der Waals surface area contributed by atoms with Crippen molar-refractivity contribution >= 4 is 0 Å². The van der Waals surface area contributed by atoms with Crippen LogP contribution < -0.4 is 4.74 Å². The lowest BCUT2D eigenvalue weighted by Crippen LogP contribution is -2.25. The minimum absolute atomic E-state index is 0.0145. The van der Waals surface area contributed by atoms with Crippen molar-refractivity contribution in [3.05, 3.63) is 54.0 Å². The Morgan fingerprint density at radius 3 is 2.25 bits per heavy atom. The lowest BCUT2D eigenvalue weighted by atomic mass is 9.88. The number of halogens is 3. The second-order valence-electron chi connectivity index (χ2n) is 8.23. The molecule has 0 spiro atoms. The van der Waals surface area contributed by atoms with E-state index in [1.54, 1.807) is 19.2 Å². The Kier molecular flexibility index (Phi) is 6.50. The van der Waals surface area contributed by atoms with Crippen LogP contribution in [0.1, 0.15) is 37.1 Å². The summed E-state index contributed by atoms with van der Waals surface area (Å²) in [7, 11) is 1.74. The number of hydrogen-bond donors (Lipinski definition) is 1. The number of hydrogen-bond acceptors (Lipinski definition) is 4. The second-order valence-corrected chi connectivity index (χ2v) is 8.23. The Balaban J connectivity index is 1.40. The van der Waals surface area contributed by atoms with Gasteiger partial charge in [-0.2, -0.15) is 13.2 Å². The highest BCUT2D eigenvalue weighted by Crippen LogP contribution is 2.33. The molecule has 1 fully saturated rings. The fraction of sp³-hybridized carbons (Fsp3) is 0.417. The zero-order valence-corrected chi connectivity index (χ0v) is 18.1. The molecule has 2 heterocycles. The molecule has 1 saturated carbocycles. The maximum atomic E-state index is 13.0. The van der Waals surface area contributed by atoms with Gasteiger partial charge in [0, 0.05) is 36.7 Å². The van der Waals surface area contributed by atoms with Crippen LogP contribution in [0, 0.1) is 12.8 Å². The topological polar surface area (TPSA) is 60.0 Å². The van der Waals surface area contributed by atoms with Gasteiger partial charge in [-0.3, -0.25) is 4.98 Å². The van der Waals surface area contributed by atoms with Gasteiger partial charge in [-0.1, -0.05) is 0 Å². The third kappa shape index (κ3) is 5.12. The Morgan fingerprint density at radius 2 is 1.69 bits per heavy atom. The molecule has 1 N–H and O–H groups in total. The van der Waals surface area contributed by atoms with Crippen molar-refractivity contribution in [1.29, 1.82) is 0 Å². The number of aromatic amines is 1. The molecule has 0 aliphatic heterocycles. The van der Waals surface area contributed by atoms with Crippen LogP contribution in [-0.4, -0.2) is 34.8 Å². The van der Waals surface area contributed by atoms with E-state index in [2.05, 4.69) is 15.0 Å². The largest absolute Gasteiger partial charge is 0.490 e. The minimum atomic E-state index is -4.49. The van der Waals surface area contributed by atoms with E-state index < -0.39 is 11.9 Å². The van der Waals surface area contributed by atoms with Crippen molar-refractivity contribution in [1.82, 2.24) is 15.0 Å². The standard InChI is InChI=1S/C24H26F3N3O2/c1-15-22(24(25,26)27)30-23(29-15)18-7-12-21(28-13-18)17-5-10-20(11-6-17)32-19-8-3-16(4-9-19)14-31-2/h5-7,10-13,16,19H,3-4,8-9,14H2,1-2H3,(H,29,30). The number of alkyl halides is 3. The Labute approximate surface area is 185 Å². The maximum absolute atomic E-state index is 13.0. The number of ether oxygens (including phenoxy) is 2. The number of imidazole rings is 1. The lowest BCUT2D eigenvalue weighted by Gasteiger charge is -2.28. The average molecular weight is 445 g/mol. The highest BCUT2D eigenvalue weighted by Gasteiger charge is 2.36. The molecule has 0 amide bonds. The van der Waals surface area contributed by atoms with Gasteiger partial charge in [0.05, 0.1) is 11.8 Å².